The molecular formula is C21H22F3N5O. The van der Waals surface area contributed by atoms with Crippen LogP contribution in [0.3, 0.4) is 0 Å². The molecule has 3 aromatic rings. The van der Waals surface area contributed by atoms with Crippen molar-refractivity contribution in [2.75, 3.05) is 13.1 Å². The van der Waals surface area contributed by atoms with Crippen LogP contribution in [-0.4, -0.2) is 44.8 Å². The van der Waals surface area contributed by atoms with Gasteiger partial charge in [0.05, 0.1) is 17.6 Å². The predicted molar refractivity (Wildman–Crippen MR) is 107 cm³/mol. The second kappa shape index (κ2) is 7.71. The topological polar surface area (TPSA) is 77.0 Å². The van der Waals surface area contributed by atoms with E-state index in [1.807, 2.05) is 36.3 Å². The summed E-state index contributed by atoms with van der Waals surface area (Å²) in [6, 6.07) is 7.40. The minimum Gasteiger partial charge on any atom is -0.364 e. The second-order valence-electron chi connectivity index (χ2n) is 7.77. The summed E-state index contributed by atoms with van der Waals surface area (Å²) in [5, 5.41) is 5.04. The van der Waals surface area contributed by atoms with Crippen LogP contribution in [0.25, 0.3) is 22.0 Å². The summed E-state index contributed by atoms with van der Waals surface area (Å²) in [5.41, 5.74) is 8.82. The van der Waals surface area contributed by atoms with Crippen molar-refractivity contribution in [3.05, 3.63) is 47.9 Å². The highest BCUT2D eigenvalue weighted by atomic mass is 19.4. The van der Waals surface area contributed by atoms with Gasteiger partial charge in [-0.05, 0) is 49.2 Å². The van der Waals surface area contributed by atoms with Gasteiger partial charge in [0.25, 0.3) is 5.91 Å². The Morgan fingerprint density at radius 3 is 2.57 bits per heavy atom. The molecule has 1 amide bonds. The van der Waals surface area contributed by atoms with Gasteiger partial charge in [0.15, 0.2) is 0 Å². The summed E-state index contributed by atoms with van der Waals surface area (Å²) in [7, 11) is 1.81. The fourth-order valence-electron chi connectivity index (χ4n) is 3.97. The smallest absolute Gasteiger partial charge is 0.364 e. The van der Waals surface area contributed by atoms with Crippen LogP contribution in [0, 0.1) is 5.92 Å². The molecule has 1 aliphatic heterocycles. The van der Waals surface area contributed by atoms with Crippen LogP contribution in [-0.2, 0) is 13.6 Å². The third-order valence-corrected chi connectivity index (χ3v) is 5.60. The number of carbonyl (C=O) groups is 1. The number of aryl methyl sites for hydroxylation is 1. The number of rotatable bonds is 4. The van der Waals surface area contributed by atoms with Crippen LogP contribution in [0.2, 0.25) is 0 Å². The van der Waals surface area contributed by atoms with Crippen molar-refractivity contribution in [3.8, 4) is 11.1 Å². The van der Waals surface area contributed by atoms with Gasteiger partial charge in [-0.15, -0.1) is 0 Å². The first-order chi connectivity index (χ1) is 14.2. The molecule has 0 radical (unpaired) electrons. The van der Waals surface area contributed by atoms with Gasteiger partial charge in [0.1, 0.15) is 5.69 Å². The van der Waals surface area contributed by atoms with E-state index in [0.29, 0.717) is 25.2 Å². The number of amides is 1. The van der Waals surface area contributed by atoms with Crippen molar-refractivity contribution < 1.29 is 18.0 Å². The molecule has 3 heterocycles. The first kappa shape index (κ1) is 20.3. The maximum Gasteiger partial charge on any atom is 0.391 e. The fourth-order valence-corrected chi connectivity index (χ4v) is 3.97. The maximum atomic E-state index is 12.9. The zero-order valence-electron chi connectivity index (χ0n) is 16.5. The lowest BCUT2D eigenvalue weighted by atomic mass is 9.95. The van der Waals surface area contributed by atoms with Gasteiger partial charge < -0.3 is 5.73 Å². The molecular weight excluding hydrogens is 395 g/mol. The highest BCUT2D eigenvalue weighted by Crippen LogP contribution is 2.35. The average molecular weight is 417 g/mol. The number of nitrogens with two attached hydrogens (primary N) is 1. The molecule has 1 aliphatic rings. The Balaban J connectivity index is 1.62. The van der Waals surface area contributed by atoms with E-state index in [9.17, 15) is 18.0 Å². The number of likely N-dealkylation sites (tertiary alicyclic amines) is 1. The first-order valence-electron chi connectivity index (χ1n) is 9.72. The number of benzene rings is 1. The van der Waals surface area contributed by atoms with Gasteiger partial charge in [-0.3, -0.25) is 14.4 Å². The monoisotopic (exact) mass is 417 g/mol. The maximum absolute atomic E-state index is 12.9. The highest BCUT2D eigenvalue weighted by molar-refractivity contribution is 6.00. The van der Waals surface area contributed by atoms with Gasteiger partial charge >= 0.3 is 6.18 Å². The molecule has 9 heteroatoms. The van der Waals surface area contributed by atoms with E-state index in [1.165, 1.54) is 0 Å². The number of nitrogens with zero attached hydrogens (tertiary/aromatic N) is 4. The Morgan fingerprint density at radius 1 is 1.23 bits per heavy atom. The van der Waals surface area contributed by atoms with E-state index >= 15 is 0 Å². The van der Waals surface area contributed by atoms with E-state index in [1.54, 1.807) is 16.9 Å². The number of pyridine rings is 1. The van der Waals surface area contributed by atoms with Crippen molar-refractivity contribution in [2.45, 2.75) is 25.6 Å². The lowest BCUT2D eigenvalue weighted by Crippen LogP contribution is -2.38. The van der Waals surface area contributed by atoms with Crippen molar-refractivity contribution in [1.29, 1.82) is 0 Å². The quantitative estimate of drug-likeness (QED) is 0.705. The number of carbonyl (C=O) groups excluding carboxylic acids is 1. The number of hydrogen-bond donors (Lipinski definition) is 1. The lowest BCUT2D eigenvalue weighted by molar-refractivity contribution is -0.185. The number of fused-ring (bicyclic) bond motifs is 1. The van der Waals surface area contributed by atoms with Crippen LogP contribution >= 0.6 is 0 Å². The minimum atomic E-state index is -4.12. The summed E-state index contributed by atoms with van der Waals surface area (Å²) in [4.78, 5) is 18.2. The van der Waals surface area contributed by atoms with E-state index in [2.05, 4.69) is 10.1 Å². The Bertz CT molecular complexity index is 1080. The van der Waals surface area contributed by atoms with Crippen LogP contribution in [0.1, 0.15) is 28.9 Å². The largest absolute Gasteiger partial charge is 0.391 e. The van der Waals surface area contributed by atoms with Gasteiger partial charge in [0.2, 0.25) is 0 Å². The molecule has 2 N–H and O–H groups in total. The Labute approximate surface area is 171 Å². The minimum absolute atomic E-state index is 0.117. The second-order valence-corrected chi connectivity index (χ2v) is 7.77. The molecule has 1 fully saturated rings. The van der Waals surface area contributed by atoms with Crippen molar-refractivity contribution >= 4 is 16.8 Å². The summed E-state index contributed by atoms with van der Waals surface area (Å²) in [5.74, 6) is -1.84. The number of halogens is 3. The van der Waals surface area contributed by atoms with Gasteiger partial charge in [-0.25, -0.2) is 4.98 Å². The molecule has 1 saturated heterocycles. The standard InChI is InChI=1S/C21H22F3N5O/c1-28-12-14(10-26-28)17-9-19(20(25)30)27-18-8-13(2-3-16(17)18)11-29-6-4-15(5-7-29)21(22,23)24/h2-3,8-10,12,15H,4-7,11H2,1H3,(H2,25,30). The zero-order valence-corrected chi connectivity index (χ0v) is 16.5. The van der Waals surface area contributed by atoms with E-state index in [0.717, 1.165) is 22.1 Å². The summed E-state index contributed by atoms with van der Waals surface area (Å²) < 4.78 is 40.3. The molecule has 0 spiro atoms. The Kier molecular flexibility index (Phi) is 5.23. The van der Waals surface area contributed by atoms with Crippen LogP contribution in [0.15, 0.2) is 36.7 Å². The number of hydrogen-bond acceptors (Lipinski definition) is 4. The molecule has 158 valence electrons. The average Bonchev–Trinajstić information content (AvgIpc) is 3.12. The van der Waals surface area contributed by atoms with Crippen LogP contribution in [0.5, 0.6) is 0 Å². The van der Waals surface area contributed by atoms with Crippen LogP contribution in [0.4, 0.5) is 13.2 Å². The molecule has 1 aromatic carbocycles. The molecule has 2 aromatic heterocycles. The van der Waals surface area contributed by atoms with Crippen molar-refractivity contribution in [3.63, 3.8) is 0 Å². The molecule has 0 atom stereocenters. The van der Waals surface area contributed by atoms with Crippen LogP contribution < -0.4 is 5.73 Å². The van der Waals surface area contributed by atoms with Gasteiger partial charge in [-0.2, -0.15) is 18.3 Å². The van der Waals surface area contributed by atoms with E-state index in [4.69, 9.17) is 5.73 Å². The summed E-state index contributed by atoms with van der Waals surface area (Å²) in [6.07, 6.45) is -0.331. The molecule has 0 bridgehead atoms. The first-order valence-corrected chi connectivity index (χ1v) is 9.72. The molecule has 4 rings (SSSR count). The Hall–Kier alpha value is -2.94. The molecule has 30 heavy (non-hydrogen) atoms. The summed E-state index contributed by atoms with van der Waals surface area (Å²) >= 11 is 0. The van der Waals surface area contributed by atoms with Gasteiger partial charge in [0, 0.05) is 30.7 Å². The molecule has 6 nitrogen and oxygen atoms in total. The van der Waals surface area contributed by atoms with Gasteiger partial charge in [-0.1, -0.05) is 12.1 Å². The predicted octanol–water partition coefficient (Wildman–Crippen LogP) is 3.51. The van der Waals surface area contributed by atoms with Crippen molar-refractivity contribution in [2.24, 2.45) is 18.7 Å². The highest BCUT2D eigenvalue weighted by Gasteiger charge is 2.40. The fraction of sp³-hybridized carbons (Fsp3) is 0.381. The van der Waals surface area contributed by atoms with Crippen molar-refractivity contribution in [1.82, 2.24) is 19.7 Å². The molecule has 0 aliphatic carbocycles. The third kappa shape index (κ3) is 4.16. The van der Waals surface area contributed by atoms with E-state index < -0.39 is 18.0 Å². The molecule has 0 unspecified atom stereocenters. The SMILES string of the molecule is Cn1cc(-c2cc(C(N)=O)nc3cc(CN4CCC(C(F)(F)F)CC4)ccc23)cn1. The third-order valence-electron chi connectivity index (χ3n) is 5.60. The normalized spacial score (nSPS) is 16.3. The number of aromatic nitrogens is 3. The number of alkyl halides is 3. The summed E-state index contributed by atoms with van der Waals surface area (Å²) in [6.45, 7) is 1.33. The molecule has 0 saturated carbocycles. The Morgan fingerprint density at radius 2 is 1.97 bits per heavy atom. The number of piperidine rings is 1. The number of primary amides is 1. The van der Waals surface area contributed by atoms with E-state index in [-0.39, 0.29) is 18.5 Å². The lowest BCUT2D eigenvalue weighted by Gasteiger charge is -2.32. The zero-order chi connectivity index (χ0) is 21.5.